The van der Waals surface area contributed by atoms with E-state index < -0.39 is 0 Å². The summed E-state index contributed by atoms with van der Waals surface area (Å²) >= 11 is 0. The predicted octanol–water partition coefficient (Wildman–Crippen LogP) is 3.97. The van der Waals surface area contributed by atoms with Crippen molar-refractivity contribution in [1.29, 1.82) is 0 Å². The Morgan fingerprint density at radius 3 is 1.38 bits per heavy atom. The van der Waals surface area contributed by atoms with Crippen LogP contribution in [0.2, 0.25) is 0 Å². The molecule has 0 spiro atoms. The molecule has 13 heavy (non-hydrogen) atoms. The summed E-state index contributed by atoms with van der Waals surface area (Å²) < 4.78 is 0. The molecule has 0 amide bonds. The Hall–Kier alpha value is -1.22. The molecule has 0 bridgehead atoms. The minimum atomic E-state index is 1.37. The number of hydrogen-bond acceptors (Lipinski definition) is 0. The Labute approximate surface area is 83.0 Å². The van der Waals surface area contributed by atoms with E-state index in [0.29, 0.717) is 0 Å². The number of aryl methyl sites for hydroxylation is 2. The maximum Gasteiger partial charge on any atom is -0.00297 e. The van der Waals surface area contributed by atoms with E-state index in [1.165, 1.54) is 11.1 Å². The van der Waals surface area contributed by atoms with E-state index in [2.05, 4.69) is 50.5 Å². The first-order valence-corrected chi connectivity index (χ1v) is 4.62. The Kier molecular flexibility index (Phi) is 11.9. The molecule has 0 nitrogen and oxygen atoms in total. The molecule has 0 heterocycles. The summed E-state index contributed by atoms with van der Waals surface area (Å²) in [6.45, 7) is 9.89. The third-order valence-electron chi connectivity index (χ3n) is 1.43. The van der Waals surface area contributed by atoms with Gasteiger partial charge in [0.05, 0.1) is 0 Å². The Bertz CT molecular complexity index is 219. The smallest absolute Gasteiger partial charge is 0.00297 e. The van der Waals surface area contributed by atoms with Crippen LogP contribution in [0.5, 0.6) is 0 Å². The molecule has 72 valence electrons. The van der Waals surface area contributed by atoms with Crippen LogP contribution in [0.15, 0.2) is 24.3 Å². The fourth-order valence-electron chi connectivity index (χ4n) is 0.663. The van der Waals surface area contributed by atoms with Crippen LogP contribution in [0.25, 0.3) is 0 Å². The first kappa shape index (κ1) is 14.3. The van der Waals surface area contributed by atoms with E-state index in [0.717, 1.165) is 0 Å². The van der Waals surface area contributed by atoms with Crippen molar-refractivity contribution in [1.82, 2.24) is 0 Å². The molecule has 1 rings (SSSR count). The average Bonchev–Trinajstić information content (AvgIpc) is 2.15. The molecule has 0 N–H and O–H groups in total. The van der Waals surface area contributed by atoms with Gasteiger partial charge in [0.2, 0.25) is 0 Å². The van der Waals surface area contributed by atoms with E-state index in [1.807, 2.05) is 13.8 Å². The highest BCUT2D eigenvalue weighted by Gasteiger charge is 1.83. The maximum atomic E-state index is 4.60. The first-order valence-electron chi connectivity index (χ1n) is 4.62. The van der Waals surface area contributed by atoms with Crippen LogP contribution in [-0.2, 0) is 0 Å². The van der Waals surface area contributed by atoms with Gasteiger partial charge in [0, 0.05) is 0 Å². The monoisotopic (exact) mass is 176 g/mol. The van der Waals surface area contributed by atoms with Gasteiger partial charge in [0.25, 0.3) is 0 Å². The summed E-state index contributed by atoms with van der Waals surface area (Å²) in [6.07, 6.45) is 4.60. The van der Waals surface area contributed by atoms with Crippen molar-refractivity contribution >= 4 is 0 Å². The number of terminal acetylenes is 1. The van der Waals surface area contributed by atoms with Crippen LogP contribution in [0.4, 0.5) is 0 Å². The second-order valence-corrected chi connectivity index (χ2v) is 2.37. The highest BCUT2D eigenvalue weighted by molar-refractivity contribution is 5.23. The average molecular weight is 176 g/mol. The minimum absolute atomic E-state index is 1.37. The minimum Gasteiger partial charge on any atom is -0.120 e. The van der Waals surface area contributed by atoms with Gasteiger partial charge in [0.15, 0.2) is 0 Å². The quantitative estimate of drug-likeness (QED) is 0.525. The van der Waals surface area contributed by atoms with Gasteiger partial charge >= 0.3 is 0 Å². The SMILES string of the molecule is C#CC.CC.Cc1ccccc1C. The second kappa shape index (κ2) is 10.8. The lowest BCUT2D eigenvalue weighted by atomic mass is 10.1. The zero-order chi connectivity index (χ0) is 10.7. The summed E-state index contributed by atoms with van der Waals surface area (Å²) in [4.78, 5) is 0. The molecule has 0 aliphatic heterocycles. The topological polar surface area (TPSA) is 0 Å². The van der Waals surface area contributed by atoms with Gasteiger partial charge in [-0.2, -0.15) is 0 Å². The van der Waals surface area contributed by atoms with Gasteiger partial charge in [-0.1, -0.05) is 38.1 Å². The summed E-state index contributed by atoms with van der Waals surface area (Å²) in [7, 11) is 0. The fourth-order valence-corrected chi connectivity index (χ4v) is 0.663. The van der Waals surface area contributed by atoms with Gasteiger partial charge in [-0.05, 0) is 31.9 Å². The molecule has 0 saturated heterocycles. The Balaban J connectivity index is 0. The lowest BCUT2D eigenvalue weighted by molar-refractivity contribution is 1.34. The fraction of sp³-hybridized carbons (Fsp3) is 0.385. The van der Waals surface area contributed by atoms with Crippen LogP contribution >= 0.6 is 0 Å². The Morgan fingerprint density at radius 1 is 1.00 bits per heavy atom. The van der Waals surface area contributed by atoms with Crippen LogP contribution in [0.1, 0.15) is 31.9 Å². The molecule has 1 aromatic rings. The van der Waals surface area contributed by atoms with Gasteiger partial charge in [0.1, 0.15) is 0 Å². The molecule has 0 aliphatic rings. The molecule has 0 aliphatic carbocycles. The molecular weight excluding hydrogens is 156 g/mol. The van der Waals surface area contributed by atoms with Gasteiger partial charge in [-0.3, -0.25) is 0 Å². The molecular formula is C13H20. The third-order valence-corrected chi connectivity index (χ3v) is 1.43. The molecule has 0 heteroatoms. The van der Waals surface area contributed by atoms with Crippen molar-refractivity contribution in [3.05, 3.63) is 35.4 Å². The highest BCUT2D eigenvalue weighted by atomic mass is 13.9. The highest BCUT2D eigenvalue weighted by Crippen LogP contribution is 2.02. The van der Waals surface area contributed by atoms with Crippen molar-refractivity contribution in [2.75, 3.05) is 0 Å². The van der Waals surface area contributed by atoms with E-state index in [9.17, 15) is 0 Å². The molecule has 0 fully saturated rings. The summed E-state index contributed by atoms with van der Waals surface area (Å²) in [5.41, 5.74) is 2.74. The third kappa shape index (κ3) is 8.69. The van der Waals surface area contributed by atoms with Gasteiger partial charge in [-0.25, -0.2) is 0 Å². The number of benzene rings is 1. The van der Waals surface area contributed by atoms with E-state index >= 15 is 0 Å². The van der Waals surface area contributed by atoms with Crippen molar-refractivity contribution in [2.45, 2.75) is 34.6 Å². The molecule has 1 aromatic carbocycles. The molecule has 0 unspecified atom stereocenters. The van der Waals surface area contributed by atoms with Crippen molar-refractivity contribution in [3.63, 3.8) is 0 Å². The second-order valence-electron chi connectivity index (χ2n) is 2.37. The standard InChI is InChI=1S/C8H10.C3H4.C2H6/c1-7-5-3-4-6-8(7)2;1-3-2;1-2/h3-6H,1-2H3;1H,2H3;1-2H3. The van der Waals surface area contributed by atoms with Crippen LogP contribution in [0, 0.1) is 26.2 Å². The van der Waals surface area contributed by atoms with Crippen LogP contribution < -0.4 is 0 Å². The van der Waals surface area contributed by atoms with Crippen LogP contribution in [0.3, 0.4) is 0 Å². The molecule has 0 saturated carbocycles. The predicted molar refractivity (Wildman–Crippen MR) is 61.8 cm³/mol. The first-order chi connectivity index (χ1) is 6.22. The summed E-state index contributed by atoms with van der Waals surface area (Å²) in [5, 5.41) is 0. The van der Waals surface area contributed by atoms with Gasteiger partial charge in [-0.15, -0.1) is 12.3 Å². The number of rotatable bonds is 0. The summed E-state index contributed by atoms with van der Waals surface area (Å²) in [5.74, 6) is 2.25. The zero-order valence-electron chi connectivity index (χ0n) is 9.39. The molecule has 0 atom stereocenters. The van der Waals surface area contributed by atoms with Crippen molar-refractivity contribution in [2.24, 2.45) is 0 Å². The van der Waals surface area contributed by atoms with E-state index in [-0.39, 0.29) is 0 Å². The largest absolute Gasteiger partial charge is 0.120 e. The lowest BCUT2D eigenvalue weighted by Crippen LogP contribution is -1.74. The normalized spacial score (nSPS) is 6.77. The summed E-state index contributed by atoms with van der Waals surface area (Å²) in [6, 6.07) is 8.36. The van der Waals surface area contributed by atoms with Gasteiger partial charge < -0.3 is 0 Å². The molecule has 0 radical (unpaired) electrons. The van der Waals surface area contributed by atoms with E-state index in [1.54, 1.807) is 6.92 Å². The zero-order valence-corrected chi connectivity index (χ0v) is 9.39. The maximum absolute atomic E-state index is 4.60. The van der Waals surface area contributed by atoms with E-state index in [4.69, 9.17) is 0 Å². The number of hydrogen-bond donors (Lipinski definition) is 0. The van der Waals surface area contributed by atoms with Crippen LogP contribution in [-0.4, -0.2) is 0 Å². The lowest BCUT2D eigenvalue weighted by Gasteiger charge is -1.93. The van der Waals surface area contributed by atoms with Crippen molar-refractivity contribution in [3.8, 4) is 12.3 Å². The Morgan fingerprint density at radius 2 is 1.23 bits per heavy atom. The van der Waals surface area contributed by atoms with Crippen molar-refractivity contribution < 1.29 is 0 Å². The molecule has 0 aromatic heterocycles.